The molecule has 14 heavy (non-hydrogen) atoms. The minimum absolute atomic E-state index is 0.0670. The topological polar surface area (TPSA) is 74.2 Å². The second-order valence-corrected chi connectivity index (χ2v) is 2.62. The van der Waals surface area contributed by atoms with Crippen LogP contribution >= 0.6 is 0 Å². The number of nitrogens with two attached hydrogens (primary N) is 2. The number of hydrogen-bond acceptors (Lipinski definition) is 4. The van der Waals surface area contributed by atoms with Crippen molar-refractivity contribution in [3.63, 3.8) is 0 Å². The van der Waals surface area contributed by atoms with Crippen LogP contribution in [0.4, 0.5) is 14.6 Å². The number of nitrogens with zero attached hydrogens (tertiary/aromatic N) is 1. The molecular formula is C8H11F2N3O. The van der Waals surface area contributed by atoms with E-state index in [9.17, 15) is 8.78 Å². The summed E-state index contributed by atoms with van der Waals surface area (Å²) in [6, 6.07) is 1.16. The third-order valence-electron chi connectivity index (χ3n) is 1.78. The van der Waals surface area contributed by atoms with E-state index < -0.39 is 6.43 Å². The summed E-state index contributed by atoms with van der Waals surface area (Å²) in [5, 5.41) is 0. The summed E-state index contributed by atoms with van der Waals surface area (Å²) in [5.41, 5.74) is 10.6. The third kappa shape index (κ3) is 1.90. The Morgan fingerprint density at radius 1 is 1.57 bits per heavy atom. The van der Waals surface area contributed by atoms with E-state index in [1.807, 2.05) is 0 Å². The summed E-state index contributed by atoms with van der Waals surface area (Å²) in [5.74, 6) is 0.204. The monoisotopic (exact) mass is 203 g/mol. The number of methoxy groups -OCH3 is 1. The van der Waals surface area contributed by atoms with Crippen LogP contribution in [0.1, 0.15) is 17.7 Å². The highest BCUT2D eigenvalue weighted by Crippen LogP contribution is 2.28. The van der Waals surface area contributed by atoms with Crippen molar-refractivity contribution in [3.05, 3.63) is 17.3 Å². The van der Waals surface area contributed by atoms with Crippen molar-refractivity contribution in [2.24, 2.45) is 5.73 Å². The molecule has 0 spiro atoms. The van der Waals surface area contributed by atoms with Crippen LogP contribution in [0, 0.1) is 0 Å². The molecule has 4 N–H and O–H groups in total. The number of hydrogen-bond donors (Lipinski definition) is 2. The van der Waals surface area contributed by atoms with Gasteiger partial charge in [-0.15, -0.1) is 0 Å². The molecule has 0 atom stereocenters. The molecule has 1 aromatic rings. The molecule has 0 saturated heterocycles. The summed E-state index contributed by atoms with van der Waals surface area (Å²) in [4.78, 5) is 3.73. The zero-order valence-corrected chi connectivity index (χ0v) is 7.63. The first-order valence-electron chi connectivity index (χ1n) is 3.91. The minimum Gasteiger partial charge on any atom is -0.493 e. The molecule has 0 amide bonds. The van der Waals surface area contributed by atoms with Crippen LogP contribution in [0.15, 0.2) is 6.07 Å². The van der Waals surface area contributed by atoms with Gasteiger partial charge in [0.25, 0.3) is 6.43 Å². The quantitative estimate of drug-likeness (QED) is 0.770. The molecule has 0 aliphatic heterocycles. The molecule has 78 valence electrons. The van der Waals surface area contributed by atoms with Gasteiger partial charge in [0.1, 0.15) is 0 Å². The van der Waals surface area contributed by atoms with Crippen LogP contribution in [-0.4, -0.2) is 12.1 Å². The van der Waals surface area contributed by atoms with Crippen LogP contribution in [0.25, 0.3) is 0 Å². The lowest BCUT2D eigenvalue weighted by Crippen LogP contribution is -2.08. The Balaban J connectivity index is 3.25. The lowest BCUT2D eigenvalue weighted by Gasteiger charge is -2.10. The average Bonchev–Trinajstić information content (AvgIpc) is 2.16. The van der Waals surface area contributed by atoms with Gasteiger partial charge in [-0.1, -0.05) is 0 Å². The lowest BCUT2D eigenvalue weighted by atomic mass is 10.2. The van der Waals surface area contributed by atoms with Crippen LogP contribution in [0.2, 0.25) is 0 Å². The number of anilines is 1. The van der Waals surface area contributed by atoms with Crippen molar-refractivity contribution in [1.29, 1.82) is 0 Å². The molecule has 4 nitrogen and oxygen atoms in total. The fourth-order valence-corrected chi connectivity index (χ4v) is 1.08. The molecular weight excluding hydrogens is 192 g/mol. The summed E-state index contributed by atoms with van der Waals surface area (Å²) >= 11 is 0. The second-order valence-electron chi connectivity index (χ2n) is 2.62. The van der Waals surface area contributed by atoms with E-state index in [4.69, 9.17) is 16.2 Å². The van der Waals surface area contributed by atoms with Gasteiger partial charge in [0.05, 0.1) is 12.8 Å². The molecule has 1 aromatic heterocycles. The van der Waals surface area contributed by atoms with Crippen molar-refractivity contribution < 1.29 is 13.5 Å². The van der Waals surface area contributed by atoms with Gasteiger partial charge >= 0.3 is 0 Å². The first-order chi connectivity index (χ1) is 6.60. The zero-order chi connectivity index (χ0) is 10.7. The van der Waals surface area contributed by atoms with E-state index in [1.165, 1.54) is 7.11 Å². The van der Waals surface area contributed by atoms with Crippen molar-refractivity contribution in [3.8, 4) is 5.75 Å². The number of alkyl halides is 2. The number of halogens is 2. The van der Waals surface area contributed by atoms with Gasteiger partial charge < -0.3 is 16.2 Å². The second kappa shape index (κ2) is 4.19. The smallest absolute Gasteiger partial charge is 0.265 e. The van der Waals surface area contributed by atoms with Crippen molar-refractivity contribution in [2.75, 3.05) is 12.8 Å². The normalized spacial score (nSPS) is 10.6. The highest BCUT2D eigenvalue weighted by molar-refractivity contribution is 5.49. The molecule has 0 bridgehead atoms. The van der Waals surface area contributed by atoms with Crippen LogP contribution in [0.3, 0.4) is 0 Å². The van der Waals surface area contributed by atoms with Gasteiger partial charge in [-0.3, -0.25) is 0 Å². The molecule has 0 aromatic carbocycles. The highest BCUT2D eigenvalue weighted by atomic mass is 19.3. The van der Waals surface area contributed by atoms with Gasteiger partial charge in [-0.2, -0.15) is 0 Å². The standard InChI is InChI=1S/C8H11F2N3O/c1-14-6-2-4(7(9)10)5(3-11)13-8(6)12/h2,7H,3,11H2,1H3,(H2,12,13). The molecule has 0 aliphatic rings. The maximum absolute atomic E-state index is 12.5. The first-order valence-corrected chi connectivity index (χ1v) is 3.91. The molecule has 0 radical (unpaired) electrons. The van der Waals surface area contributed by atoms with Crippen LogP contribution < -0.4 is 16.2 Å². The summed E-state index contributed by atoms with van der Waals surface area (Å²) in [6.45, 7) is -0.0755. The zero-order valence-electron chi connectivity index (χ0n) is 7.63. The Morgan fingerprint density at radius 2 is 2.21 bits per heavy atom. The summed E-state index contributed by atoms with van der Waals surface area (Å²) < 4.78 is 29.7. The average molecular weight is 203 g/mol. The van der Waals surface area contributed by atoms with E-state index in [0.717, 1.165) is 6.07 Å². The molecule has 1 heterocycles. The number of nitrogen functional groups attached to an aromatic ring is 1. The predicted octanol–water partition coefficient (Wildman–Crippen LogP) is 1.07. The van der Waals surface area contributed by atoms with Gasteiger partial charge in [-0.25, -0.2) is 13.8 Å². The molecule has 1 rings (SSSR count). The highest BCUT2D eigenvalue weighted by Gasteiger charge is 2.16. The first kappa shape index (κ1) is 10.6. The van der Waals surface area contributed by atoms with E-state index in [-0.39, 0.29) is 29.4 Å². The molecule has 0 unspecified atom stereocenters. The fraction of sp³-hybridized carbons (Fsp3) is 0.375. The Hall–Kier alpha value is -1.43. The summed E-state index contributed by atoms with van der Waals surface area (Å²) in [7, 11) is 1.34. The Morgan fingerprint density at radius 3 is 2.64 bits per heavy atom. The van der Waals surface area contributed by atoms with E-state index in [0.29, 0.717) is 0 Å². The number of pyridine rings is 1. The molecule has 6 heteroatoms. The largest absolute Gasteiger partial charge is 0.493 e. The summed E-state index contributed by atoms with van der Waals surface area (Å²) in [6.07, 6.45) is -2.63. The molecule has 0 saturated carbocycles. The van der Waals surface area contributed by atoms with Crippen LogP contribution in [-0.2, 0) is 6.54 Å². The third-order valence-corrected chi connectivity index (χ3v) is 1.78. The molecule has 0 fully saturated rings. The van der Waals surface area contributed by atoms with Crippen molar-refractivity contribution in [2.45, 2.75) is 13.0 Å². The number of ether oxygens (including phenoxy) is 1. The van der Waals surface area contributed by atoms with Gasteiger partial charge in [0.2, 0.25) is 0 Å². The van der Waals surface area contributed by atoms with Gasteiger partial charge in [0, 0.05) is 12.1 Å². The van der Waals surface area contributed by atoms with E-state index >= 15 is 0 Å². The van der Waals surface area contributed by atoms with Crippen molar-refractivity contribution in [1.82, 2.24) is 4.98 Å². The lowest BCUT2D eigenvalue weighted by molar-refractivity contribution is 0.149. The SMILES string of the molecule is COc1cc(C(F)F)c(CN)nc1N. The number of aromatic nitrogens is 1. The Labute approximate surface area is 79.9 Å². The fourth-order valence-electron chi connectivity index (χ4n) is 1.08. The predicted molar refractivity (Wildman–Crippen MR) is 48.0 cm³/mol. The Kier molecular flexibility index (Phi) is 3.19. The van der Waals surface area contributed by atoms with Gasteiger partial charge in [-0.05, 0) is 6.07 Å². The van der Waals surface area contributed by atoms with Crippen molar-refractivity contribution >= 4 is 5.82 Å². The molecule has 0 aliphatic carbocycles. The Bertz CT molecular complexity index is 331. The minimum atomic E-state index is -2.63. The van der Waals surface area contributed by atoms with Gasteiger partial charge in [0.15, 0.2) is 11.6 Å². The van der Waals surface area contributed by atoms with Crippen LogP contribution in [0.5, 0.6) is 5.75 Å². The number of rotatable bonds is 3. The maximum atomic E-state index is 12.5. The van der Waals surface area contributed by atoms with E-state index in [1.54, 1.807) is 0 Å². The van der Waals surface area contributed by atoms with E-state index in [2.05, 4.69) is 4.98 Å². The maximum Gasteiger partial charge on any atom is 0.265 e.